The van der Waals surface area contributed by atoms with Gasteiger partial charge in [0.1, 0.15) is 4.88 Å². The summed E-state index contributed by atoms with van der Waals surface area (Å²) in [6.45, 7) is 0.898. The Balaban J connectivity index is 1.80. The highest BCUT2D eigenvalue weighted by Crippen LogP contribution is 2.37. The number of carbonyl (C=O) groups excluding carboxylic acids is 1. The van der Waals surface area contributed by atoms with Gasteiger partial charge in [0.2, 0.25) is 0 Å². The normalized spacial score (nSPS) is 17.0. The van der Waals surface area contributed by atoms with Crippen LogP contribution in [0.1, 0.15) is 28.1 Å². The van der Waals surface area contributed by atoms with Crippen molar-refractivity contribution in [2.75, 3.05) is 13.1 Å². The van der Waals surface area contributed by atoms with E-state index in [-0.39, 0.29) is 5.91 Å². The maximum absolute atomic E-state index is 12.6. The van der Waals surface area contributed by atoms with Crippen LogP contribution in [0.5, 0.6) is 0 Å². The Kier molecular flexibility index (Phi) is 4.55. The quantitative estimate of drug-likeness (QED) is 0.863. The number of rotatable bonds is 3. The van der Waals surface area contributed by atoms with Gasteiger partial charge in [-0.3, -0.25) is 9.59 Å². The van der Waals surface area contributed by atoms with E-state index in [9.17, 15) is 14.7 Å². The molecule has 1 N–H and O–H groups in total. The molecule has 6 heteroatoms. The van der Waals surface area contributed by atoms with Gasteiger partial charge in [-0.1, -0.05) is 30.3 Å². The largest absolute Gasteiger partial charge is 0.481 e. The minimum Gasteiger partial charge on any atom is -0.481 e. The fraction of sp³-hybridized carbons (Fsp3) is 0.294. The predicted molar refractivity (Wildman–Crippen MR) is 92.9 cm³/mol. The molecule has 1 amide bonds. The van der Waals surface area contributed by atoms with Crippen molar-refractivity contribution in [3.63, 3.8) is 0 Å². The molecular formula is C17H16BrNO3S. The summed E-state index contributed by atoms with van der Waals surface area (Å²) in [5.74, 6) is -0.841. The van der Waals surface area contributed by atoms with E-state index < -0.39 is 11.4 Å². The molecule has 0 unspecified atom stereocenters. The van der Waals surface area contributed by atoms with Crippen LogP contribution in [-0.4, -0.2) is 35.0 Å². The van der Waals surface area contributed by atoms with E-state index >= 15 is 0 Å². The van der Waals surface area contributed by atoms with Crippen LogP contribution < -0.4 is 0 Å². The van der Waals surface area contributed by atoms with Gasteiger partial charge in [-0.2, -0.15) is 0 Å². The second kappa shape index (κ2) is 6.45. The lowest BCUT2D eigenvalue weighted by Gasteiger charge is -2.39. The number of carboxylic acids is 1. The number of thiophene rings is 1. The highest BCUT2D eigenvalue weighted by atomic mass is 79.9. The van der Waals surface area contributed by atoms with E-state index in [1.54, 1.807) is 4.90 Å². The fourth-order valence-electron chi connectivity index (χ4n) is 3.06. The number of piperidine rings is 1. The molecule has 1 aliphatic heterocycles. The van der Waals surface area contributed by atoms with Crippen molar-refractivity contribution < 1.29 is 14.7 Å². The third-order valence-corrected chi connectivity index (χ3v) is 6.28. The molecule has 1 aromatic carbocycles. The summed E-state index contributed by atoms with van der Waals surface area (Å²) in [6.07, 6.45) is 0.863. The summed E-state index contributed by atoms with van der Waals surface area (Å²) < 4.78 is 0.797. The minimum atomic E-state index is -0.898. The Hall–Kier alpha value is -1.66. The number of hydrogen-bond donors (Lipinski definition) is 1. The van der Waals surface area contributed by atoms with Crippen LogP contribution in [0.2, 0.25) is 0 Å². The molecule has 1 fully saturated rings. The van der Waals surface area contributed by atoms with Gasteiger partial charge in [0.05, 0.1) is 5.41 Å². The zero-order valence-electron chi connectivity index (χ0n) is 12.4. The van der Waals surface area contributed by atoms with E-state index in [0.717, 1.165) is 10.0 Å². The SMILES string of the molecule is O=C(c1sccc1Br)N1CCC(C(=O)O)(c2ccccc2)CC1. The zero-order chi connectivity index (χ0) is 16.4. The lowest BCUT2D eigenvalue weighted by Crippen LogP contribution is -2.49. The number of halogens is 1. The zero-order valence-corrected chi connectivity index (χ0v) is 14.8. The van der Waals surface area contributed by atoms with Crippen molar-refractivity contribution in [1.29, 1.82) is 0 Å². The second-order valence-electron chi connectivity index (χ2n) is 5.64. The van der Waals surface area contributed by atoms with Gasteiger partial charge in [0.25, 0.3) is 5.91 Å². The van der Waals surface area contributed by atoms with E-state index in [1.807, 2.05) is 41.8 Å². The minimum absolute atomic E-state index is 0.0288. The summed E-state index contributed by atoms with van der Waals surface area (Å²) in [4.78, 5) is 26.9. The first-order valence-corrected chi connectivity index (χ1v) is 9.03. The van der Waals surface area contributed by atoms with Gasteiger partial charge in [-0.05, 0) is 45.8 Å². The van der Waals surface area contributed by atoms with Gasteiger partial charge < -0.3 is 10.0 Å². The van der Waals surface area contributed by atoms with Crippen molar-refractivity contribution >= 4 is 39.1 Å². The topological polar surface area (TPSA) is 57.6 Å². The Morgan fingerprint density at radius 3 is 2.30 bits per heavy atom. The standard InChI is InChI=1S/C17H16BrNO3S/c18-13-6-11-23-14(13)15(20)19-9-7-17(8-10-19,16(21)22)12-4-2-1-3-5-12/h1-6,11H,7-10H2,(H,21,22). The molecule has 0 radical (unpaired) electrons. The maximum atomic E-state index is 12.6. The van der Waals surface area contributed by atoms with Crippen molar-refractivity contribution in [1.82, 2.24) is 4.90 Å². The first-order chi connectivity index (χ1) is 11.0. The van der Waals surface area contributed by atoms with Crippen LogP contribution in [0.3, 0.4) is 0 Å². The van der Waals surface area contributed by atoms with Crippen molar-refractivity contribution in [2.45, 2.75) is 18.3 Å². The number of carbonyl (C=O) groups is 2. The number of aliphatic carboxylic acids is 1. The molecule has 1 saturated heterocycles. The summed E-state index contributed by atoms with van der Waals surface area (Å²) in [7, 11) is 0. The smallest absolute Gasteiger partial charge is 0.314 e. The van der Waals surface area contributed by atoms with Crippen molar-refractivity contribution in [2.24, 2.45) is 0 Å². The lowest BCUT2D eigenvalue weighted by molar-refractivity contribution is -0.145. The van der Waals surface area contributed by atoms with Crippen LogP contribution >= 0.6 is 27.3 Å². The predicted octanol–water partition coefficient (Wildman–Crippen LogP) is 3.77. The number of benzene rings is 1. The third kappa shape index (κ3) is 2.93. The Bertz CT molecular complexity index is 720. The number of likely N-dealkylation sites (tertiary alicyclic amines) is 1. The highest BCUT2D eigenvalue weighted by molar-refractivity contribution is 9.10. The van der Waals surface area contributed by atoms with E-state index in [1.165, 1.54) is 11.3 Å². The van der Waals surface area contributed by atoms with Crippen LogP contribution in [0.15, 0.2) is 46.3 Å². The average Bonchev–Trinajstić information content (AvgIpc) is 3.01. The third-order valence-electron chi connectivity index (χ3n) is 4.45. The molecule has 3 rings (SSSR count). The molecule has 0 aliphatic carbocycles. The van der Waals surface area contributed by atoms with E-state index in [4.69, 9.17) is 0 Å². The molecule has 1 aliphatic rings. The molecule has 0 saturated carbocycles. The van der Waals surface area contributed by atoms with Crippen LogP contribution in [0, 0.1) is 0 Å². The highest BCUT2D eigenvalue weighted by Gasteiger charge is 2.44. The van der Waals surface area contributed by atoms with Gasteiger partial charge in [0.15, 0.2) is 0 Å². The van der Waals surface area contributed by atoms with Crippen LogP contribution in [0.4, 0.5) is 0 Å². The summed E-state index contributed by atoms with van der Waals surface area (Å²) in [5.41, 5.74) is -0.0815. The molecule has 2 aromatic rings. The van der Waals surface area contributed by atoms with Crippen LogP contribution in [0.25, 0.3) is 0 Å². The maximum Gasteiger partial charge on any atom is 0.314 e. The van der Waals surface area contributed by atoms with Crippen LogP contribution in [-0.2, 0) is 10.2 Å². The summed E-state index contributed by atoms with van der Waals surface area (Å²) >= 11 is 4.78. The Labute approximate surface area is 146 Å². The van der Waals surface area contributed by atoms with Crippen molar-refractivity contribution in [3.05, 3.63) is 56.7 Å². The van der Waals surface area contributed by atoms with E-state index in [0.29, 0.717) is 30.8 Å². The first kappa shape index (κ1) is 16.2. The van der Waals surface area contributed by atoms with Gasteiger partial charge in [-0.25, -0.2) is 0 Å². The molecule has 1 aromatic heterocycles. The first-order valence-electron chi connectivity index (χ1n) is 7.36. The monoisotopic (exact) mass is 393 g/mol. The molecule has 23 heavy (non-hydrogen) atoms. The molecule has 120 valence electrons. The molecule has 2 heterocycles. The molecular weight excluding hydrogens is 378 g/mol. The molecule has 0 spiro atoms. The Morgan fingerprint density at radius 2 is 1.78 bits per heavy atom. The molecule has 0 bridgehead atoms. The second-order valence-corrected chi connectivity index (χ2v) is 7.41. The number of hydrogen-bond acceptors (Lipinski definition) is 3. The molecule has 0 atom stereocenters. The summed E-state index contributed by atoms with van der Waals surface area (Å²) in [6, 6.07) is 11.2. The van der Waals surface area contributed by atoms with Gasteiger partial charge in [0, 0.05) is 17.6 Å². The fourth-order valence-corrected chi connectivity index (χ4v) is 4.57. The number of carboxylic acid groups (broad SMARTS) is 1. The van der Waals surface area contributed by atoms with Gasteiger partial charge >= 0.3 is 5.97 Å². The lowest BCUT2D eigenvalue weighted by atomic mass is 9.73. The number of amides is 1. The molecule has 4 nitrogen and oxygen atoms in total. The Morgan fingerprint density at radius 1 is 1.13 bits per heavy atom. The number of nitrogens with zero attached hydrogens (tertiary/aromatic N) is 1. The van der Waals surface area contributed by atoms with Crippen molar-refractivity contribution in [3.8, 4) is 0 Å². The van der Waals surface area contributed by atoms with E-state index in [2.05, 4.69) is 15.9 Å². The summed E-state index contributed by atoms with van der Waals surface area (Å²) in [5, 5.41) is 11.7. The average molecular weight is 394 g/mol. The van der Waals surface area contributed by atoms with Gasteiger partial charge in [-0.15, -0.1) is 11.3 Å².